The van der Waals surface area contributed by atoms with E-state index in [1.165, 1.54) is 6.07 Å². The highest BCUT2D eigenvalue weighted by Gasteiger charge is 2.33. The van der Waals surface area contributed by atoms with Crippen LogP contribution in [0.2, 0.25) is 0 Å². The number of carbonyl (C=O) groups excluding carboxylic acids is 1. The first-order valence-corrected chi connectivity index (χ1v) is 9.32. The van der Waals surface area contributed by atoms with Gasteiger partial charge in [0.2, 0.25) is 5.56 Å². The molecular formula is C18H20BrN3O3. The van der Waals surface area contributed by atoms with E-state index in [-0.39, 0.29) is 11.5 Å². The highest BCUT2D eigenvalue weighted by Crippen LogP contribution is 2.26. The van der Waals surface area contributed by atoms with Gasteiger partial charge in [-0.15, -0.1) is 0 Å². The summed E-state index contributed by atoms with van der Waals surface area (Å²) in [5.74, 6) is 0.439. The predicted octanol–water partition coefficient (Wildman–Crippen LogP) is 1.69. The number of fused-ring (bicyclic) bond motifs is 1. The molecule has 0 saturated carbocycles. The number of aromatic amines is 1. The van der Waals surface area contributed by atoms with E-state index in [2.05, 4.69) is 25.8 Å². The van der Waals surface area contributed by atoms with Crippen LogP contribution in [0.3, 0.4) is 0 Å². The van der Waals surface area contributed by atoms with Gasteiger partial charge in [-0.1, -0.05) is 12.1 Å². The van der Waals surface area contributed by atoms with Gasteiger partial charge in [-0.05, 0) is 22.0 Å². The van der Waals surface area contributed by atoms with Crippen molar-refractivity contribution in [1.29, 1.82) is 0 Å². The van der Waals surface area contributed by atoms with E-state index in [4.69, 9.17) is 4.74 Å². The fourth-order valence-electron chi connectivity index (χ4n) is 3.59. The molecule has 2 fully saturated rings. The average Bonchev–Trinajstić information content (AvgIpc) is 2.58. The molecule has 1 amide bonds. The van der Waals surface area contributed by atoms with Gasteiger partial charge < -0.3 is 14.6 Å². The van der Waals surface area contributed by atoms with Crippen LogP contribution in [0.4, 0.5) is 0 Å². The van der Waals surface area contributed by atoms with Crippen LogP contribution in [-0.4, -0.2) is 66.6 Å². The summed E-state index contributed by atoms with van der Waals surface area (Å²) < 4.78 is 6.15. The molecule has 2 aliphatic rings. The Hall–Kier alpha value is -1.70. The van der Waals surface area contributed by atoms with E-state index in [0.717, 1.165) is 55.8 Å². The summed E-state index contributed by atoms with van der Waals surface area (Å²) in [5, 5.41) is 0.774. The van der Waals surface area contributed by atoms with Gasteiger partial charge in [0.05, 0.1) is 24.3 Å². The third-order valence-corrected chi connectivity index (χ3v) is 5.58. The van der Waals surface area contributed by atoms with Crippen molar-refractivity contribution >= 4 is 32.7 Å². The standard InChI is InChI=1S/C18H20BrN3O3/c19-15-3-1-2-13-14(8-16(23)20-17(13)15)18(24)22-10-12(11-22)9-21-4-6-25-7-5-21/h1-3,8,12H,4-7,9-11H2,(H,20,23). The van der Waals surface area contributed by atoms with E-state index in [1.807, 2.05) is 23.1 Å². The molecule has 0 radical (unpaired) electrons. The molecule has 2 aromatic rings. The number of para-hydroxylation sites is 1. The number of rotatable bonds is 3. The van der Waals surface area contributed by atoms with Crippen molar-refractivity contribution in [3.63, 3.8) is 0 Å². The smallest absolute Gasteiger partial charge is 0.254 e. The SMILES string of the molecule is O=C(c1cc(=O)[nH]c2c(Br)cccc12)N1CC(CN2CCOCC2)C1. The minimum atomic E-state index is -0.256. The Bertz CT molecular complexity index is 854. The van der Waals surface area contributed by atoms with Crippen LogP contribution in [-0.2, 0) is 4.74 Å². The molecule has 2 aliphatic heterocycles. The van der Waals surface area contributed by atoms with Gasteiger partial charge in [0.25, 0.3) is 5.91 Å². The first-order valence-electron chi connectivity index (χ1n) is 8.53. The number of carbonyl (C=O) groups is 1. The van der Waals surface area contributed by atoms with E-state index >= 15 is 0 Å². The van der Waals surface area contributed by atoms with Crippen molar-refractivity contribution in [2.45, 2.75) is 0 Å². The number of morpholine rings is 1. The number of amides is 1. The molecule has 0 bridgehead atoms. The Kier molecular flexibility index (Phi) is 4.62. The number of benzene rings is 1. The molecule has 4 rings (SSSR count). The lowest BCUT2D eigenvalue weighted by Crippen LogP contribution is -2.55. The second-order valence-electron chi connectivity index (χ2n) is 6.70. The maximum atomic E-state index is 12.9. The van der Waals surface area contributed by atoms with Gasteiger partial charge in [0.1, 0.15) is 0 Å². The Morgan fingerprint density at radius 2 is 2.04 bits per heavy atom. The molecule has 7 heteroatoms. The van der Waals surface area contributed by atoms with Crippen LogP contribution in [0.1, 0.15) is 10.4 Å². The zero-order valence-electron chi connectivity index (χ0n) is 13.8. The molecule has 2 saturated heterocycles. The Morgan fingerprint density at radius 1 is 1.28 bits per heavy atom. The third-order valence-electron chi connectivity index (χ3n) is 4.92. The molecular weight excluding hydrogens is 386 g/mol. The minimum absolute atomic E-state index is 0.0626. The van der Waals surface area contributed by atoms with Gasteiger partial charge in [-0.2, -0.15) is 0 Å². The van der Waals surface area contributed by atoms with Crippen LogP contribution in [0.25, 0.3) is 10.9 Å². The molecule has 3 heterocycles. The number of pyridine rings is 1. The third kappa shape index (κ3) is 3.36. The second kappa shape index (κ2) is 6.90. The molecule has 25 heavy (non-hydrogen) atoms. The molecule has 1 aromatic heterocycles. The summed E-state index contributed by atoms with van der Waals surface area (Å²) in [6.07, 6.45) is 0. The number of nitrogens with one attached hydrogen (secondary N) is 1. The second-order valence-corrected chi connectivity index (χ2v) is 7.55. The summed E-state index contributed by atoms with van der Waals surface area (Å²) in [5.41, 5.74) is 0.891. The predicted molar refractivity (Wildman–Crippen MR) is 98.9 cm³/mol. The number of ether oxygens (including phenoxy) is 1. The number of hydrogen-bond donors (Lipinski definition) is 1. The topological polar surface area (TPSA) is 65.6 Å². The van der Waals surface area contributed by atoms with Crippen LogP contribution in [0.5, 0.6) is 0 Å². The van der Waals surface area contributed by atoms with Crippen molar-refractivity contribution in [2.24, 2.45) is 5.92 Å². The average molecular weight is 406 g/mol. The maximum Gasteiger partial charge on any atom is 0.254 e. The molecule has 0 atom stereocenters. The van der Waals surface area contributed by atoms with Crippen molar-refractivity contribution in [3.8, 4) is 0 Å². The van der Waals surface area contributed by atoms with Crippen LogP contribution < -0.4 is 5.56 Å². The van der Waals surface area contributed by atoms with Crippen LogP contribution >= 0.6 is 15.9 Å². The summed E-state index contributed by atoms with van der Waals surface area (Å²) in [6, 6.07) is 7.01. The number of aromatic nitrogens is 1. The summed E-state index contributed by atoms with van der Waals surface area (Å²) in [4.78, 5) is 31.8. The summed E-state index contributed by atoms with van der Waals surface area (Å²) in [6.45, 7) is 6.03. The van der Waals surface area contributed by atoms with Gasteiger partial charge in [0, 0.05) is 54.6 Å². The zero-order chi connectivity index (χ0) is 17.4. The maximum absolute atomic E-state index is 12.9. The van der Waals surface area contributed by atoms with E-state index < -0.39 is 0 Å². The minimum Gasteiger partial charge on any atom is -0.379 e. The lowest BCUT2D eigenvalue weighted by Gasteiger charge is -2.42. The van der Waals surface area contributed by atoms with Crippen LogP contribution in [0, 0.1) is 5.92 Å². The van der Waals surface area contributed by atoms with E-state index in [1.54, 1.807) is 0 Å². The van der Waals surface area contributed by atoms with Gasteiger partial charge in [-0.25, -0.2) is 0 Å². The van der Waals surface area contributed by atoms with E-state index in [9.17, 15) is 9.59 Å². The van der Waals surface area contributed by atoms with Crippen molar-refractivity contribution < 1.29 is 9.53 Å². The first kappa shape index (κ1) is 16.8. The number of hydrogen-bond acceptors (Lipinski definition) is 4. The quantitative estimate of drug-likeness (QED) is 0.843. The largest absolute Gasteiger partial charge is 0.379 e. The highest BCUT2D eigenvalue weighted by atomic mass is 79.9. The number of H-pyrrole nitrogens is 1. The molecule has 0 unspecified atom stereocenters. The van der Waals surface area contributed by atoms with Crippen molar-refractivity contribution in [1.82, 2.24) is 14.8 Å². The fourth-order valence-corrected chi connectivity index (χ4v) is 4.06. The first-order chi connectivity index (χ1) is 12.1. The van der Waals surface area contributed by atoms with Gasteiger partial charge in [0.15, 0.2) is 0 Å². The van der Waals surface area contributed by atoms with Gasteiger partial charge >= 0.3 is 0 Å². The molecule has 1 aromatic carbocycles. The van der Waals surface area contributed by atoms with Crippen LogP contribution in [0.15, 0.2) is 33.5 Å². The number of likely N-dealkylation sites (tertiary alicyclic amines) is 1. The highest BCUT2D eigenvalue weighted by molar-refractivity contribution is 9.10. The molecule has 0 spiro atoms. The molecule has 6 nitrogen and oxygen atoms in total. The summed E-state index contributed by atoms with van der Waals surface area (Å²) in [7, 11) is 0. The lowest BCUT2D eigenvalue weighted by molar-refractivity contribution is 0.00720. The normalized spacial score (nSPS) is 19.2. The van der Waals surface area contributed by atoms with Gasteiger partial charge in [-0.3, -0.25) is 14.5 Å². The Morgan fingerprint density at radius 3 is 2.80 bits per heavy atom. The number of nitrogens with zero attached hydrogens (tertiary/aromatic N) is 2. The Balaban J connectivity index is 1.48. The summed E-state index contributed by atoms with van der Waals surface area (Å²) >= 11 is 3.44. The molecule has 1 N–H and O–H groups in total. The van der Waals surface area contributed by atoms with Crippen molar-refractivity contribution in [2.75, 3.05) is 45.9 Å². The Labute approximate surface area is 153 Å². The lowest BCUT2D eigenvalue weighted by atomic mass is 9.97. The van der Waals surface area contributed by atoms with Crippen molar-refractivity contribution in [3.05, 3.63) is 44.7 Å². The van der Waals surface area contributed by atoms with E-state index in [0.29, 0.717) is 17.0 Å². The monoisotopic (exact) mass is 405 g/mol. The number of halogens is 1. The zero-order valence-corrected chi connectivity index (χ0v) is 15.4. The fraction of sp³-hybridized carbons (Fsp3) is 0.444. The molecule has 0 aliphatic carbocycles. The molecule has 132 valence electrons.